The highest BCUT2D eigenvalue weighted by Crippen LogP contribution is 2.01. The SMILES string of the molecule is Cc1ccc(CNC/C=C/Cl)cc1. The average molecular weight is 196 g/mol. The summed E-state index contributed by atoms with van der Waals surface area (Å²) in [6, 6.07) is 8.50. The third-order valence-corrected chi connectivity index (χ3v) is 1.98. The number of halogens is 1. The summed E-state index contributed by atoms with van der Waals surface area (Å²) in [5.41, 5.74) is 4.13. The molecule has 1 aromatic carbocycles. The lowest BCUT2D eigenvalue weighted by Gasteiger charge is -2.01. The van der Waals surface area contributed by atoms with Crippen molar-refractivity contribution in [2.45, 2.75) is 13.5 Å². The summed E-state index contributed by atoms with van der Waals surface area (Å²) in [7, 11) is 0. The van der Waals surface area contributed by atoms with E-state index in [2.05, 4.69) is 36.5 Å². The van der Waals surface area contributed by atoms with Gasteiger partial charge in [-0.15, -0.1) is 0 Å². The van der Waals surface area contributed by atoms with Crippen molar-refractivity contribution >= 4 is 11.6 Å². The molecule has 0 saturated heterocycles. The molecule has 1 N–H and O–H groups in total. The summed E-state index contributed by atoms with van der Waals surface area (Å²) >= 11 is 5.38. The van der Waals surface area contributed by atoms with Gasteiger partial charge in [0.15, 0.2) is 0 Å². The quantitative estimate of drug-likeness (QED) is 0.729. The third kappa shape index (κ3) is 4.11. The van der Waals surface area contributed by atoms with E-state index in [1.807, 2.05) is 6.08 Å². The minimum Gasteiger partial charge on any atom is -0.309 e. The molecule has 70 valence electrons. The Kier molecular flexibility index (Phi) is 4.58. The predicted molar refractivity (Wildman–Crippen MR) is 57.9 cm³/mol. The molecule has 1 aromatic rings. The topological polar surface area (TPSA) is 12.0 Å². The van der Waals surface area contributed by atoms with Crippen LogP contribution >= 0.6 is 11.6 Å². The number of aryl methyl sites for hydroxylation is 1. The van der Waals surface area contributed by atoms with Gasteiger partial charge in [-0.25, -0.2) is 0 Å². The maximum atomic E-state index is 5.38. The lowest BCUT2D eigenvalue weighted by Crippen LogP contribution is -2.12. The molecule has 0 amide bonds. The molecule has 0 aliphatic carbocycles. The first-order valence-corrected chi connectivity index (χ1v) is 4.78. The third-order valence-electron chi connectivity index (χ3n) is 1.80. The lowest BCUT2D eigenvalue weighted by molar-refractivity contribution is 0.760. The Balaban J connectivity index is 2.33. The molecule has 0 atom stereocenters. The van der Waals surface area contributed by atoms with Crippen LogP contribution in [0.25, 0.3) is 0 Å². The van der Waals surface area contributed by atoms with E-state index in [0.29, 0.717) is 0 Å². The van der Waals surface area contributed by atoms with E-state index in [0.717, 1.165) is 13.1 Å². The van der Waals surface area contributed by atoms with Gasteiger partial charge in [-0.1, -0.05) is 47.5 Å². The van der Waals surface area contributed by atoms with Gasteiger partial charge in [0, 0.05) is 18.6 Å². The van der Waals surface area contributed by atoms with Gasteiger partial charge < -0.3 is 5.32 Å². The average Bonchev–Trinajstić information content (AvgIpc) is 2.15. The molecule has 0 spiro atoms. The zero-order chi connectivity index (χ0) is 9.52. The van der Waals surface area contributed by atoms with Crippen LogP contribution in [-0.2, 0) is 6.54 Å². The summed E-state index contributed by atoms with van der Waals surface area (Å²) in [5.74, 6) is 0. The van der Waals surface area contributed by atoms with E-state index < -0.39 is 0 Å². The summed E-state index contributed by atoms with van der Waals surface area (Å²) in [6.45, 7) is 3.80. The van der Waals surface area contributed by atoms with Crippen LogP contribution in [-0.4, -0.2) is 6.54 Å². The van der Waals surface area contributed by atoms with Crippen LogP contribution in [0.1, 0.15) is 11.1 Å². The standard InChI is InChI=1S/C11H14ClN/c1-10-3-5-11(6-4-10)9-13-8-2-7-12/h2-7,13H,8-9H2,1H3/b7-2+. The maximum absolute atomic E-state index is 5.38. The first-order valence-electron chi connectivity index (χ1n) is 4.34. The highest BCUT2D eigenvalue weighted by molar-refractivity contribution is 6.25. The smallest absolute Gasteiger partial charge is 0.0208 e. The molecule has 0 aromatic heterocycles. The van der Waals surface area contributed by atoms with Crippen molar-refractivity contribution in [3.63, 3.8) is 0 Å². The summed E-state index contributed by atoms with van der Waals surface area (Å²) < 4.78 is 0. The highest BCUT2D eigenvalue weighted by atomic mass is 35.5. The van der Waals surface area contributed by atoms with Crippen LogP contribution in [0.5, 0.6) is 0 Å². The molecule has 0 bridgehead atoms. The Morgan fingerprint density at radius 1 is 1.31 bits per heavy atom. The molecular weight excluding hydrogens is 182 g/mol. The zero-order valence-corrected chi connectivity index (χ0v) is 8.51. The van der Waals surface area contributed by atoms with Crippen LogP contribution in [0.2, 0.25) is 0 Å². The highest BCUT2D eigenvalue weighted by Gasteiger charge is 1.89. The van der Waals surface area contributed by atoms with Gasteiger partial charge in [-0.2, -0.15) is 0 Å². The van der Waals surface area contributed by atoms with Gasteiger partial charge >= 0.3 is 0 Å². The monoisotopic (exact) mass is 195 g/mol. The maximum Gasteiger partial charge on any atom is 0.0208 e. The van der Waals surface area contributed by atoms with Gasteiger partial charge in [0.05, 0.1) is 0 Å². The molecular formula is C11H14ClN. The molecule has 1 nitrogen and oxygen atoms in total. The van der Waals surface area contributed by atoms with E-state index in [1.165, 1.54) is 16.7 Å². The Labute approximate surface area is 84.4 Å². The number of benzene rings is 1. The van der Waals surface area contributed by atoms with E-state index in [1.54, 1.807) is 0 Å². The molecule has 0 radical (unpaired) electrons. The first-order chi connectivity index (χ1) is 6.33. The Morgan fingerprint density at radius 2 is 2.00 bits per heavy atom. The molecule has 13 heavy (non-hydrogen) atoms. The van der Waals surface area contributed by atoms with Crippen molar-refractivity contribution in [1.29, 1.82) is 0 Å². The molecule has 0 aliphatic heterocycles. The minimum absolute atomic E-state index is 0.817. The second-order valence-electron chi connectivity index (χ2n) is 2.98. The van der Waals surface area contributed by atoms with Crippen molar-refractivity contribution in [1.82, 2.24) is 5.32 Å². The van der Waals surface area contributed by atoms with Gasteiger partial charge in [0.1, 0.15) is 0 Å². The molecule has 0 fully saturated rings. The fourth-order valence-electron chi connectivity index (χ4n) is 1.05. The molecule has 0 heterocycles. The van der Waals surface area contributed by atoms with Gasteiger partial charge in [0.2, 0.25) is 0 Å². The van der Waals surface area contributed by atoms with E-state index in [9.17, 15) is 0 Å². The van der Waals surface area contributed by atoms with Crippen molar-refractivity contribution in [2.75, 3.05) is 6.54 Å². The summed E-state index contributed by atoms with van der Waals surface area (Å²) in [4.78, 5) is 0. The lowest BCUT2D eigenvalue weighted by atomic mass is 10.1. The van der Waals surface area contributed by atoms with Crippen LogP contribution in [0.15, 0.2) is 35.9 Å². The first kappa shape index (κ1) is 10.3. The number of hydrogen-bond donors (Lipinski definition) is 1. The molecule has 1 rings (SSSR count). The Bertz CT molecular complexity index is 264. The fraction of sp³-hybridized carbons (Fsp3) is 0.273. The van der Waals surface area contributed by atoms with E-state index in [-0.39, 0.29) is 0 Å². The normalized spacial score (nSPS) is 10.9. The second-order valence-corrected chi connectivity index (χ2v) is 3.23. The predicted octanol–water partition coefficient (Wildman–Crippen LogP) is 2.84. The van der Waals surface area contributed by atoms with Crippen LogP contribution in [0, 0.1) is 6.92 Å². The Hall–Kier alpha value is -0.790. The molecule has 0 aliphatic rings. The van der Waals surface area contributed by atoms with E-state index in [4.69, 9.17) is 11.6 Å². The number of hydrogen-bond acceptors (Lipinski definition) is 1. The number of nitrogens with one attached hydrogen (secondary N) is 1. The van der Waals surface area contributed by atoms with Crippen molar-refractivity contribution in [3.05, 3.63) is 47.0 Å². The summed E-state index contributed by atoms with van der Waals surface area (Å²) in [5, 5.41) is 3.25. The van der Waals surface area contributed by atoms with Gasteiger partial charge in [-0.05, 0) is 12.5 Å². The largest absolute Gasteiger partial charge is 0.309 e. The van der Waals surface area contributed by atoms with Crippen LogP contribution < -0.4 is 5.32 Å². The minimum atomic E-state index is 0.817. The van der Waals surface area contributed by atoms with Gasteiger partial charge in [-0.3, -0.25) is 0 Å². The van der Waals surface area contributed by atoms with Crippen molar-refractivity contribution in [3.8, 4) is 0 Å². The van der Waals surface area contributed by atoms with E-state index >= 15 is 0 Å². The number of rotatable bonds is 4. The molecule has 0 saturated carbocycles. The molecule has 0 unspecified atom stereocenters. The van der Waals surface area contributed by atoms with Crippen LogP contribution in [0.3, 0.4) is 0 Å². The van der Waals surface area contributed by atoms with Crippen LogP contribution in [0.4, 0.5) is 0 Å². The second kappa shape index (κ2) is 5.79. The zero-order valence-electron chi connectivity index (χ0n) is 7.76. The van der Waals surface area contributed by atoms with Crippen molar-refractivity contribution < 1.29 is 0 Å². The Morgan fingerprint density at radius 3 is 2.62 bits per heavy atom. The molecule has 2 heteroatoms. The summed E-state index contributed by atoms with van der Waals surface area (Å²) in [6.07, 6.45) is 1.88. The fourth-order valence-corrected chi connectivity index (χ4v) is 1.14. The van der Waals surface area contributed by atoms with Crippen molar-refractivity contribution in [2.24, 2.45) is 0 Å². The van der Waals surface area contributed by atoms with Gasteiger partial charge in [0.25, 0.3) is 0 Å².